The first kappa shape index (κ1) is 18.4. The lowest BCUT2D eigenvalue weighted by molar-refractivity contribution is -0.138. The Balaban J connectivity index is 1.53. The number of hydrogen-bond donors (Lipinski definition) is 0. The van der Waals surface area contributed by atoms with Crippen molar-refractivity contribution in [1.82, 2.24) is 14.1 Å². The minimum atomic E-state index is -3.16. The maximum atomic E-state index is 12.8. The van der Waals surface area contributed by atoms with Crippen LogP contribution >= 0.6 is 0 Å². The Labute approximate surface area is 149 Å². The molecule has 1 amide bonds. The Bertz CT molecular complexity index is 666. The molecule has 3 rings (SSSR count). The van der Waals surface area contributed by atoms with Gasteiger partial charge in [-0.1, -0.05) is 0 Å². The largest absolute Gasteiger partial charge is 0.468 e. The molecule has 1 atom stereocenters. The third kappa shape index (κ3) is 4.43. The topological polar surface area (TPSA) is 74.1 Å². The number of likely N-dealkylation sites (tertiary alicyclic amines) is 1. The molecule has 0 radical (unpaired) electrons. The molecule has 25 heavy (non-hydrogen) atoms. The maximum Gasteiger partial charge on any atom is 0.227 e. The van der Waals surface area contributed by atoms with Gasteiger partial charge in [0, 0.05) is 32.7 Å². The molecule has 8 heteroatoms. The SMILES string of the molecule is CCS(=O)(=O)N1CCN(C(=O)[C@@H]2CCCN(Cc3ccco3)C2)CC1. The fraction of sp³-hybridized carbons (Fsp3) is 0.706. The van der Waals surface area contributed by atoms with Crippen LogP contribution in [0.4, 0.5) is 0 Å². The van der Waals surface area contributed by atoms with Crippen molar-refractivity contribution < 1.29 is 17.6 Å². The van der Waals surface area contributed by atoms with Gasteiger partial charge in [0.2, 0.25) is 15.9 Å². The molecule has 140 valence electrons. The van der Waals surface area contributed by atoms with E-state index in [9.17, 15) is 13.2 Å². The van der Waals surface area contributed by atoms with Crippen molar-refractivity contribution in [2.45, 2.75) is 26.3 Å². The first-order chi connectivity index (χ1) is 12.0. The number of hydrogen-bond acceptors (Lipinski definition) is 5. The van der Waals surface area contributed by atoms with Crippen LogP contribution in [0.25, 0.3) is 0 Å². The minimum Gasteiger partial charge on any atom is -0.468 e. The summed E-state index contributed by atoms with van der Waals surface area (Å²) in [6.45, 7) is 5.91. The smallest absolute Gasteiger partial charge is 0.227 e. The molecule has 1 aromatic heterocycles. The van der Waals surface area contributed by atoms with E-state index in [4.69, 9.17) is 4.42 Å². The van der Waals surface area contributed by atoms with Crippen LogP contribution in [0.5, 0.6) is 0 Å². The monoisotopic (exact) mass is 369 g/mol. The predicted octanol–water partition coefficient (Wildman–Crippen LogP) is 0.985. The van der Waals surface area contributed by atoms with Gasteiger partial charge in [-0.2, -0.15) is 4.31 Å². The summed E-state index contributed by atoms with van der Waals surface area (Å²) in [4.78, 5) is 16.9. The number of sulfonamides is 1. The molecule has 0 spiro atoms. The molecule has 1 aromatic rings. The van der Waals surface area contributed by atoms with Gasteiger partial charge in [-0.3, -0.25) is 9.69 Å². The zero-order chi connectivity index (χ0) is 17.9. The fourth-order valence-corrected chi connectivity index (χ4v) is 4.74. The fourth-order valence-electron chi connectivity index (χ4n) is 3.65. The molecule has 2 aliphatic heterocycles. The number of piperazine rings is 1. The highest BCUT2D eigenvalue weighted by molar-refractivity contribution is 7.89. The highest BCUT2D eigenvalue weighted by atomic mass is 32.2. The second-order valence-corrected chi connectivity index (χ2v) is 9.04. The number of nitrogens with zero attached hydrogens (tertiary/aromatic N) is 3. The number of amides is 1. The molecular weight excluding hydrogens is 342 g/mol. The van der Waals surface area contributed by atoms with E-state index in [0.29, 0.717) is 26.2 Å². The number of carbonyl (C=O) groups excluding carboxylic acids is 1. The summed E-state index contributed by atoms with van der Waals surface area (Å²) in [6, 6.07) is 3.84. The van der Waals surface area contributed by atoms with Gasteiger partial charge >= 0.3 is 0 Å². The molecule has 0 N–H and O–H groups in total. The van der Waals surface area contributed by atoms with Crippen LogP contribution in [-0.2, 0) is 21.4 Å². The summed E-state index contributed by atoms with van der Waals surface area (Å²) in [7, 11) is -3.16. The van der Waals surface area contributed by atoms with Gasteiger partial charge in [-0.05, 0) is 38.4 Å². The van der Waals surface area contributed by atoms with Crippen molar-refractivity contribution in [3.05, 3.63) is 24.2 Å². The molecule has 0 aliphatic carbocycles. The van der Waals surface area contributed by atoms with Gasteiger partial charge in [0.1, 0.15) is 5.76 Å². The highest BCUT2D eigenvalue weighted by Crippen LogP contribution is 2.22. The van der Waals surface area contributed by atoms with Crippen LogP contribution in [0, 0.1) is 5.92 Å². The van der Waals surface area contributed by atoms with E-state index in [1.807, 2.05) is 17.0 Å². The Morgan fingerprint density at radius 1 is 1.24 bits per heavy atom. The second-order valence-electron chi connectivity index (χ2n) is 6.78. The van der Waals surface area contributed by atoms with Gasteiger partial charge < -0.3 is 9.32 Å². The Morgan fingerprint density at radius 3 is 2.64 bits per heavy atom. The number of carbonyl (C=O) groups is 1. The average Bonchev–Trinajstić information content (AvgIpc) is 3.14. The maximum absolute atomic E-state index is 12.8. The lowest BCUT2D eigenvalue weighted by Gasteiger charge is -2.38. The first-order valence-electron chi connectivity index (χ1n) is 9.01. The molecule has 0 unspecified atom stereocenters. The van der Waals surface area contributed by atoms with Gasteiger partial charge in [-0.15, -0.1) is 0 Å². The van der Waals surface area contributed by atoms with Crippen molar-refractivity contribution >= 4 is 15.9 Å². The second kappa shape index (κ2) is 7.88. The zero-order valence-electron chi connectivity index (χ0n) is 14.8. The summed E-state index contributed by atoms with van der Waals surface area (Å²) in [5, 5.41) is 0. The van der Waals surface area contributed by atoms with E-state index in [2.05, 4.69) is 4.90 Å². The number of furan rings is 1. The molecule has 0 saturated carbocycles. The average molecular weight is 369 g/mol. The third-order valence-corrected chi connectivity index (χ3v) is 7.00. The molecule has 3 heterocycles. The van der Waals surface area contributed by atoms with Crippen LogP contribution in [0.2, 0.25) is 0 Å². The molecule has 2 fully saturated rings. The first-order valence-corrected chi connectivity index (χ1v) is 10.6. The standard InChI is InChI=1S/C17H27N3O4S/c1-2-25(22,23)20-10-8-19(9-11-20)17(21)15-5-3-7-18(13-15)14-16-6-4-12-24-16/h4,6,12,15H,2-3,5,7-11,13-14H2,1H3/t15-/m1/s1. The van der Waals surface area contributed by atoms with Crippen molar-refractivity contribution in [1.29, 1.82) is 0 Å². The minimum absolute atomic E-state index is 0.00181. The molecule has 2 aliphatic rings. The lowest BCUT2D eigenvalue weighted by atomic mass is 9.96. The van der Waals surface area contributed by atoms with E-state index in [0.717, 1.165) is 38.2 Å². The van der Waals surface area contributed by atoms with E-state index in [-0.39, 0.29) is 17.6 Å². The Morgan fingerprint density at radius 2 is 2.00 bits per heavy atom. The summed E-state index contributed by atoms with van der Waals surface area (Å²) in [6.07, 6.45) is 3.58. The Kier molecular flexibility index (Phi) is 5.81. The summed E-state index contributed by atoms with van der Waals surface area (Å²) >= 11 is 0. The van der Waals surface area contributed by atoms with Crippen molar-refractivity contribution in [3.63, 3.8) is 0 Å². The molecule has 7 nitrogen and oxygen atoms in total. The van der Waals surface area contributed by atoms with Crippen LogP contribution in [0.1, 0.15) is 25.5 Å². The van der Waals surface area contributed by atoms with E-state index < -0.39 is 10.0 Å². The Hall–Kier alpha value is -1.38. The molecule has 2 saturated heterocycles. The summed E-state index contributed by atoms with van der Waals surface area (Å²) in [5.74, 6) is 1.20. The van der Waals surface area contributed by atoms with Crippen molar-refractivity contribution in [2.75, 3.05) is 45.0 Å². The predicted molar refractivity (Wildman–Crippen MR) is 94.3 cm³/mol. The number of rotatable bonds is 5. The van der Waals surface area contributed by atoms with Crippen LogP contribution in [0.15, 0.2) is 22.8 Å². The summed E-state index contributed by atoms with van der Waals surface area (Å²) in [5.41, 5.74) is 0. The van der Waals surface area contributed by atoms with Crippen LogP contribution in [-0.4, -0.2) is 73.5 Å². The van der Waals surface area contributed by atoms with Gasteiger partial charge in [0.15, 0.2) is 0 Å². The third-order valence-electron chi connectivity index (χ3n) is 5.12. The molecule has 0 bridgehead atoms. The lowest BCUT2D eigenvalue weighted by Crippen LogP contribution is -2.53. The highest BCUT2D eigenvalue weighted by Gasteiger charge is 2.33. The van der Waals surface area contributed by atoms with E-state index >= 15 is 0 Å². The molecular formula is C17H27N3O4S. The van der Waals surface area contributed by atoms with E-state index in [1.165, 1.54) is 4.31 Å². The van der Waals surface area contributed by atoms with Crippen LogP contribution < -0.4 is 0 Å². The van der Waals surface area contributed by atoms with Gasteiger partial charge in [0.05, 0.1) is 24.5 Å². The van der Waals surface area contributed by atoms with Crippen LogP contribution in [0.3, 0.4) is 0 Å². The summed E-state index contributed by atoms with van der Waals surface area (Å²) < 4.78 is 30.8. The van der Waals surface area contributed by atoms with Gasteiger partial charge in [0.25, 0.3) is 0 Å². The van der Waals surface area contributed by atoms with Crippen molar-refractivity contribution in [2.24, 2.45) is 5.92 Å². The quantitative estimate of drug-likeness (QED) is 0.774. The van der Waals surface area contributed by atoms with Crippen molar-refractivity contribution in [3.8, 4) is 0 Å². The number of piperidine rings is 1. The zero-order valence-corrected chi connectivity index (χ0v) is 15.6. The molecule has 0 aromatic carbocycles. The van der Waals surface area contributed by atoms with E-state index in [1.54, 1.807) is 13.2 Å². The van der Waals surface area contributed by atoms with Gasteiger partial charge in [-0.25, -0.2) is 8.42 Å². The normalized spacial score (nSPS) is 23.7.